The van der Waals surface area contributed by atoms with Gasteiger partial charge in [-0.2, -0.15) is 0 Å². The lowest BCUT2D eigenvalue weighted by molar-refractivity contribution is 0.163. The number of pyridine rings is 1. The third-order valence-corrected chi connectivity index (χ3v) is 5.77. The smallest absolute Gasteiger partial charge is 0.323 e. The number of carbonyl (C=O) groups excluding carboxylic acids is 1. The number of nitrogens with zero attached hydrogens (tertiary/aromatic N) is 3. The average molecular weight is 413 g/mol. The van der Waals surface area contributed by atoms with Gasteiger partial charge in [-0.25, -0.2) is 14.2 Å². The first kappa shape index (κ1) is 20.4. The minimum Gasteiger partial charge on any atom is -0.454 e. The van der Waals surface area contributed by atoms with Crippen LogP contribution in [-0.2, 0) is 0 Å². The van der Waals surface area contributed by atoms with E-state index in [9.17, 15) is 9.18 Å². The summed E-state index contributed by atoms with van der Waals surface area (Å²) in [4.78, 5) is 21.2. The lowest BCUT2D eigenvalue weighted by Gasteiger charge is -2.33. The molecule has 0 aliphatic carbocycles. The van der Waals surface area contributed by atoms with Gasteiger partial charge in [-0.3, -0.25) is 5.32 Å². The molecule has 0 bridgehead atoms. The fourth-order valence-electron chi connectivity index (χ4n) is 4.11. The number of nitrogens with two attached hydrogens (primary N) is 1. The van der Waals surface area contributed by atoms with Gasteiger partial charge >= 0.3 is 6.03 Å². The highest BCUT2D eigenvalue weighted by atomic mass is 19.1. The number of hydrogen-bond acceptors (Lipinski definition) is 5. The molecule has 3 heterocycles. The number of aromatic nitrogens is 1. The molecule has 3 N–H and O–H groups in total. The normalized spacial score (nSPS) is 17.8. The lowest BCUT2D eigenvalue weighted by Crippen LogP contribution is -2.43. The van der Waals surface area contributed by atoms with Crippen molar-refractivity contribution in [2.45, 2.75) is 25.7 Å². The summed E-state index contributed by atoms with van der Waals surface area (Å²) in [5, 5.41) is 2.82. The number of nitrogens with one attached hydrogen (secondary N) is 1. The van der Waals surface area contributed by atoms with Gasteiger partial charge in [0, 0.05) is 43.7 Å². The monoisotopic (exact) mass is 413 g/mol. The molecular formula is C22H28FN5O2. The molecule has 0 saturated carbocycles. The standard InChI is InChI=1S/C22H28FN5O2/c23-19-13-17(24)3-4-20(19)30-18-5-8-25-21(14-18)26-22(29)28-11-6-16(7-12-28)15-27-9-1-2-10-27/h3-5,8,13-14,16H,1-2,6-7,9-12,15,24H2,(H,25,26,29). The van der Waals surface area contributed by atoms with Crippen LogP contribution in [0.3, 0.4) is 0 Å². The maximum Gasteiger partial charge on any atom is 0.323 e. The Morgan fingerprint density at radius 2 is 1.93 bits per heavy atom. The van der Waals surface area contributed by atoms with E-state index in [4.69, 9.17) is 10.5 Å². The second-order valence-corrected chi connectivity index (χ2v) is 8.04. The van der Waals surface area contributed by atoms with E-state index in [1.54, 1.807) is 18.2 Å². The van der Waals surface area contributed by atoms with Gasteiger partial charge in [-0.15, -0.1) is 0 Å². The van der Waals surface area contributed by atoms with E-state index < -0.39 is 5.82 Å². The third-order valence-electron chi connectivity index (χ3n) is 5.77. The quantitative estimate of drug-likeness (QED) is 0.726. The van der Waals surface area contributed by atoms with E-state index in [1.807, 2.05) is 4.90 Å². The zero-order valence-corrected chi connectivity index (χ0v) is 17.0. The first-order chi connectivity index (χ1) is 14.6. The minimum atomic E-state index is -0.547. The van der Waals surface area contributed by atoms with Crippen LogP contribution in [0.5, 0.6) is 11.5 Å². The second-order valence-electron chi connectivity index (χ2n) is 8.04. The lowest BCUT2D eigenvalue weighted by atomic mass is 9.96. The predicted molar refractivity (Wildman–Crippen MR) is 114 cm³/mol. The maximum atomic E-state index is 13.9. The average Bonchev–Trinajstić information content (AvgIpc) is 3.24. The molecule has 160 valence electrons. The number of rotatable bonds is 5. The van der Waals surface area contributed by atoms with E-state index in [0.29, 0.717) is 23.2 Å². The number of hydrogen-bond donors (Lipinski definition) is 2. The first-order valence-electron chi connectivity index (χ1n) is 10.5. The predicted octanol–water partition coefficient (Wildman–Crippen LogP) is 3.93. The fraction of sp³-hybridized carbons (Fsp3) is 0.455. The maximum absolute atomic E-state index is 13.9. The summed E-state index contributed by atoms with van der Waals surface area (Å²) in [6.45, 7) is 5.07. The molecule has 2 aliphatic rings. The number of urea groups is 1. The van der Waals surface area contributed by atoms with Crippen molar-refractivity contribution < 1.29 is 13.9 Å². The Hall–Kier alpha value is -2.87. The fourth-order valence-corrected chi connectivity index (χ4v) is 4.11. The van der Waals surface area contributed by atoms with Crippen LogP contribution in [0.4, 0.5) is 20.7 Å². The first-order valence-corrected chi connectivity index (χ1v) is 10.5. The van der Waals surface area contributed by atoms with Gasteiger partial charge in [0.15, 0.2) is 11.6 Å². The molecule has 0 spiro atoms. The van der Waals surface area contributed by atoms with Crippen LogP contribution >= 0.6 is 0 Å². The van der Waals surface area contributed by atoms with E-state index in [0.717, 1.165) is 32.5 Å². The molecule has 7 nitrogen and oxygen atoms in total. The van der Waals surface area contributed by atoms with E-state index in [-0.39, 0.29) is 11.8 Å². The van der Waals surface area contributed by atoms with Crippen LogP contribution in [0.2, 0.25) is 0 Å². The molecule has 2 saturated heterocycles. The molecule has 2 aliphatic heterocycles. The molecule has 30 heavy (non-hydrogen) atoms. The number of likely N-dealkylation sites (tertiary alicyclic amines) is 2. The Bertz CT molecular complexity index is 880. The van der Waals surface area contributed by atoms with Crippen molar-refractivity contribution in [2.75, 3.05) is 43.8 Å². The van der Waals surface area contributed by atoms with Crippen LogP contribution < -0.4 is 15.8 Å². The summed E-state index contributed by atoms with van der Waals surface area (Å²) < 4.78 is 19.5. The van der Waals surface area contributed by atoms with Gasteiger partial charge in [0.2, 0.25) is 0 Å². The minimum absolute atomic E-state index is 0.0627. The van der Waals surface area contributed by atoms with Crippen molar-refractivity contribution >= 4 is 17.5 Å². The number of carbonyl (C=O) groups is 1. The van der Waals surface area contributed by atoms with Crippen LogP contribution in [0.25, 0.3) is 0 Å². The van der Waals surface area contributed by atoms with Crippen LogP contribution in [-0.4, -0.2) is 53.5 Å². The van der Waals surface area contributed by atoms with Crippen LogP contribution in [0.15, 0.2) is 36.5 Å². The van der Waals surface area contributed by atoms with Gasteiger partial charge < -0.3 is 20.3 Å². The molecule has 1 aromatic carbocycles. The molecule has 2 aromatic rings. The molecular weight excluding hydrogens is 385 g/mol. The van der Waals surface area contributed by atoms with Crippen LogP contribution in [0, 0.1) is 11.7 Å². The second kappa shape index (κ2) is 9.30. The number of amides is 2. The number of ether oxygens (including phenoxy) is 1. The van der Waals surface area contributed by atoms with E-state index >= 15 is 0 Å². The van der Waals surface area contributed by atoms with E-state index in [1.165, 1.54) is 44.3 Å². The Kier molecular flexibility index (Phi) is 6.32. The van der Waals surface area contributed by atoms with Crippen molar-refractivity contribution in [3.05, 3.63) is 42.3 Å². The highest BCUT2D eigenvalue weighted by Gasteiger charge is 2.25. The zero-order valence-electron chi connectivity index (χ0n) is 17.0. The molecule has 0 radical (unpaired) electrons. The Morgan fingerprint density at radius 1 is 1.17 bits per heavy atom. The summed E-state index contributed by atoms with van der Waals surface area (Å²) in [6, 6.07) is 7.25. The highest BCUT2D eigenvalue weighted by molar-refractivity contribution is 5.88. The molecule has 2 fully saturated rings. The topological polar surface area (TPSA) is 83.7 Å². The SMILES string of the molecule is Nc1ccc(Oc2ccnc(NC(=O)N3CCC(CN4CCCC4)CC3)c2)c(F)c1. The molecule has 4 rings (SSSR count). The van der Waals surface area contributed by atoms with Gasteiger partial charge in [0.05, 0.1) is 0 Å². The Balaban J connectivity index is 1.30. The number of piperidine rings is 1. The van der Waals surface area contributed by atoms with E-state index in [2.05, 4.69) is 15.2 Å². The number of anilines is 2. The molecule has 8 heteroatoms. The number of benzene rings is 1. The summed E-state index contributed by atoms with van der Waals surface area (Å²) in [5.74, 6) is 0.930. The summed E-state index contributed by atoms with van der Waals surface area (Å²) >= 11 is 0. The third kappa shape index (κ3) is 5.18. The van der Waals surface area contributed by atoms with Gasteiger partial charge in [-0.1, -0.05) is 0 Å². The molecule has 0 unspecified atom stereocenters. The summed E-state index contributed by atoms with van der Waals surface area (Å²) in [5.41, 5.74) is 5.89. The number of halogens is 1. The Morgan fingerprint density at radius 3 is 2.67 bits per heavy atom. The van der Waals surface area contributed by atoms with Crippen molar-refractivity contribution in [1.82, 2.24) is 14.8 Å². The largest absolute Gasteiger partial charge is 0.454 e. The molecule has 0 atom stereocenters. The van der Waals surface area contributed by atoms with Crippen molar-refractivity contribution in [1.29, 1.82) is 0 Å². The van der Waals surface area contributed by atoms with Crippen molar-refractivity contribution in [3.63, 3.8) is 0 Å². The van der Waals surface area contributed by atoms with Gasteiger partial charge in [0.1, 0.15) is 11.6 Å². The van der Waals surface area contributed by atoms with Crippen molar-refractivity contribution in [2.24, 2.45) is 5.92 Å². The highest BCUT2D eigenvalue weighted by Crippen LogP contribution is 2.27. The van der Waals surface area contributed by atoms with Crippen LogP contribution in [0.1, 0.15) is 25.7 Å². The number of nitrogen functional groups attached to an aromatic ring is 1. The van der Waals surface area contributed by atoms with Gasteiger partial charge in [0.25, 0.3) is 0 Å². The molecule has 2 amide bonds. The summed E-state index contributed by atoms with van der Waals surface area (Å²) in [6.07, 6.45) is 6.18. The summed E-state index contributed by atoms with van der Waals surface area (Å²) in [7, 11) is 0. The van der Waals surface area contributed by atoms with Crippen molar-refractivity contribution in [3.8, 4) is 11.5 Å². The molecule has 1 aromatic heterocycles. The Labute approximate surface area is 176 Å². The van der Waals surface area contributed by atoms with Gasteiger partial charge in [-0.05, 0) is 62.9 Å². The zero-order chi connectivity index (χ0) is 20.9.